The van der Waals surface area contributed by atoms with Gasteiger partial charge in [-0.25, -0.2) is 4.79 Å². The summed E-state index contributed by atoms with van der Waals surface area (Å²) in [6.07, 6.45) is 5.13. The predicted molar refractivity (Wildman–Crippen MR) is 164 cm³/mol. The number of hydrogen-bond donors (Lipinski definition) is 2. The Morgan fingerprint density at radius 1 is 0.889 bits per heavy atom. The highest BCUT2D eigenvalue weighted by molar-refractivity contribution is 6.00. The number of hydrogen-bond acceptors (Lipinski definition) is 8. The lowest BCUT2D eigenvalue weighted by Crippen LogP contribution is -2.64. The fraction of sp³-hybridized carbons (Fsp3) is 0.515. The number of imide groups is 1. The smallest absolute Gasteiger partial charge is 0.327 e. The normalized spacial score (nSPS) is 18.8. The van der Waals surface area contributed by atoms with Crippen molar-refractivity contribution in [2.24, 2.45) is 5.92 Å². The average Bonchev–Trinajstić information content (AvgIpc) is 3.53. The largest absolute Gasteiger partial charge is 0.493 e. The van der Waals surface area contributed by atoms with Gasteiger partial charge < -0.3 is 34.5 Å². The Hall–Kier alpha value is -4.48. The lowest BCUT2D eigenvalue weighted by Gasteiger charge is -2.46. The molecule has 2 heterocycles. The van der Waals surface area contributed by atoms with Crippen LogP contribution in [0.2, 0.25) is 0 Å². The molecule has 1 saturated heterocycles. The van der Waals surface area contributed by atoms with Crippen LogP contribution in [0.5, 0.6) is 23.0 Å². The van der Waals surface area contributed by atoms with E-state index < -0.39 is 6.03 Å². The maximum absolute atomic E-state index is 13.5. The zero-order valence-corrected chi connectivity index (χ0v) is 26.0. The van der Waals surface area contributed by atoms with E-state index >= 15 is 0 Å². The third kappa shape index (κ3) is 7.79. The van der Waals surface area contributed by atoms with E-state index in [0.29, 0.717) is 68.2 Å². The average molecular weight is 623 g/mol. The summed E-state index contributed by atoms with van der Waals surface area (Å²) in [7, 11) is 3.15. The molecule has 0 aromatic heterocycles. The summed E-state index contributed by atoms with van der Waals surface area (Å²) in [5, 5.41) is 5.82. The van der Waals surface area contributed by atoms with Gasteiger partial charge in [-0.2, -0.15) is 0 Å². The highest BCUT2D eigenvalue weighted by Gasteiger charge is 2.47. The summed E-state index contributed by atoms with van der Waals surface area (Å²) in [4.78, 5) is 55.2. The fourth-order valence-electron chi connectivity index (χ4n) is 6.24. The van der Waals surface area contributed by atoms with Crippen LogP contribution in [-0.4, -0.2) is 80.2 Å². The third-order valence-corrected chi connectivity index (χ3v) is 8.65. The van der Waals surface area contributed by atoms with Crippen molar-refractivity contribution in [3.8, 4) is 23.0 Å². The van der Waals surface area contributed by atoms with Crippen molar-refractivity contribution >= 4 is 23.8 Å². The van der Waals surface area contributed by atoms with Crippen LogP contribution in [0.3, 0.4) is 0 Å². The Bertz CT molecular complexity index is 1400. The second-order valence-corrected chi connectivity index (χ2v) is 11.6. The van der Waals surface area contributed by atoms with Gasteiger partial charge in [-0.05, 0) is 67.5 Å². The number of carbonyl (C=O) groups is 4. The Balaban J connectivity index is 1.09. The summed E-state index contributed by atoms with van der Waals surface area (Å²) in [5.41, 5.74) is 1.89. The SMILES string of the molecule is COc1ccc(CCNC(=O)CN2C(=O)N(CCCCC(=O)NCc3ccc4c(c3)OCO4)C(=O)C3CCCCC32)cc1OC. The van der Waals surface area contributed by atoms with E-state index in [1.54, 1.807) is 19.1 Å². The van der Waals surface area contributed by atoms with Gasteiger partial charge in [0.05, 0.1) is 20.1 Å². The molecular weight excluding hydrogens is 580 g/mol. The van der Waals surface area contributed by atoms with Gasteiger partial charge in [-0.3, -0.25) is 19.3 Å². The summed E-state index contributed by atoms with van der Waals surface area (Å²) in [6, 6.07) is 10.5. The quantitative estimate of drug-likeness (QED) is 0.306. The summed E-state index contributed by atoms with van der Waals surface area (Å²) < 4.78 is 21.3. The summed E-state index contributed by atoms with van der Waals surface area (Å²) in [5.74, 6) is 1.77. The zero-order chi connectivity index (χ0) is 31.8. The molecule has 1 saturated carbocycles. The molecule has 12 nitrogen and oxygen atoms in total. The maximum atomic E-state index is 13.5. The van der Waals surface area contributed by atoms with Gasteiger partial charge in [0.25, 0.3) is 0 Å². The molecule has 5 rings (SSSR count). The molecule has 0 bridgehead atoms. The first-order valence-corrected chi connectivity index (χ1v) is 15.6. The number of urea groups is 1. The van der Waals surface area contributed by atoms with Crippen molar-refractivity contribution in [1.29, 1.82) is 0 Å². The van der Waals surface area contributed by atoms with Crippen LogP contribution >= 0.6 is 0 Å². The topological polar surface area (TPSA) is 136 Å². The Kier molecular flexibility index (Phi) is 10.6. The van der Waals surface area contributed by atoms with Crippen molar-refractivity contribution < 1.29 is 38.1 Å². The number of carbonyl (C=O) groups excluding carboxylic acids is 4. The van der Waals surface area contributed by atoms with Gasteiger partial charge in [0.15, 0.2) is 23.0 Å². The van der Waals surface area contributed by atoms with Gasteiger partial charge in [0.2, 0.25) is 24.5 Å². The lowest BCUT2D eigenvalue weighted by molar-refractivity contribution is -0.142. The molecular formula is C33H42N4O8. The lowest BCUT2D eigenvalue weighted by atomic mass is 9.81. The van der Waals surface area contributed by atoms with Crippen LogP contribution < -0.4 is 29.6 Å². The molecule has 2 fully saturated rings. The van der Waals surface area contributed by atoms with E-state index in [1.165, 1.54) is 4.90 Å². The fourth-order valence-corrected chi connectivity index (χ4v) is 6.24. The molecule has 2 aliphatic heterocycles. The van der Waals surface area contributed by atoms with Crippen molar-refractivity contribution in [2.75, 3.05) is 40.6 Å². The first kappa shape index (κ1) is 31.9. The van der Waals surface area contributed by atoms with Crippen LogP contribution in [-0.2, 0) is 27.3 Å². The maximum Gasteiger partial charge on any atom is 0.327 e. The van der Waals surface area contributed by atoms with Crippen molar-refractivity contribution in [1.82, 2.24) is 20.4 Å². The number of nitrogens with one attached hydrogen (secondary N) is 2. The number of ether oxygens (including phenoxy) is 4. The third-order valence-electron chi connectivity index (χ3n) is 8.65. The molecule has 2 aromatic rings. The predicted octanol–water partition coefficient (Wildman–Crippen LogP) is 3.40. The van der Waals surface area contributed by atoms with Crippen LogP contribution in [0.1, 0.15) is 56.1 Å². The number of methoxy groups -OCH3 is 2. The van der Waals surface area contributed by atoms with E-state index in [1.807, 2.05) is 36.4 Å². The second kappa shape index (κ2) is 15.0. The van der Waals surface area contributed by atoms with Gasteiger partial charge in [-0.15, -0.1) is 0 Å². The molecule has 2 N–H and O–H groups in total. The van der Waals surface area contributed by atoms with Crippen LogP contribution in [0.15, 0.2) is 36.4 Å². The molecule has 1 aliphatic carbocycles. The highest BCUT2D eigenvalue weighted by atomic mass is 16.7. The van der Waals surface area contributed by atoms with E-state index in [-0.39, 0.29) is 56.0 Å². The molecule has 2 unspecified atom stereocenters. The molecule has 0 spiro atoms. The van der Waals surface area contributed by atoms with Gasteiger partial charge >= 0.3 is 6.03 Å². The monoisotopic (exact) mass is 622 g/mol. The molecule has 12 heteroatoms. The number of amides is 5. The van der Waals surface area contributed by atoms with E-state index in [0.717, 1.165) is 24.0 Å². The zero-order valence-electron chi connectivity index (χ0n) is 26.0. The minimum absolute atomic E-state index is 0.0992. The highest BCUT2D eigenvalue weighted by Crippen LogP contribution is 2.35. The van der Waals surface area contributed by atoms with Crippen molar-refractivity contribution in [3.63, 3.8) is 0 Å². The molecule has 0 radical (unpaired) electrons. The first-order chi connectivity index (χ1) is 21.9. The first-order valence-electron chi connectivity index (χ1n) is 15.6. The molecule has 3 aliphatic rings. The number of fused-ring (bicyclic) bond motifs is 2. The van der Waals surface area contributed by atoms with Crippen LogP contribution in [0.4, 0.5) is 4.79 Å². The van der Waals surface area contributed by atoms with Crippen molar-refractivity contribution in [2.45, 2.75) is 64.0 Å². The molecule has 5 amide bonds. The van der Waals surface area contributed by atoms with Gasteiger partial charge in [-0.1, -0.05) is 25.0 Å². The molecule has 2 atom stereocenters. The second-order valence-electron chi connectivity index (χ2n) is 11.6. The molecule has 242 valence electrons. The van der Waals surface area contributed by atoms with Crippen molar-refractivity contribution in [3.05, 3.63) is 47.5 Å². The van der Waals surface area contributed by atoms with Gasteiger partial charge in [0, 0.05) is 32.1 Å². The Morgan fingerprint density at radius 3 is 2.49 bits per heavy atom. The van der Waals surface area contributed by atoms with E-state index in [4.69, 9.17) is 18.9 Å². The standard InChI is InChI=1S/C33H42N4O8/c1-42-26-12-10-22(17-28(26)43-2)14-15-34-31(39)20-37-25-8-4-3-7-24(25)32(40)36(33(37)41)16-6-5-9-30(38)35-19-23-11-13-27-29(18-23)45-21-44-27/h10-13,17-18,24-25H,3-9,14-16,19-21H2,1-2H3,(H,34,39)(H,35,38). The van der Waals surface area contributed by atoms with E-state index in [9.17, 15) is 19.2 Å². The number of benzene rings is 2. The number of rotatable bonds is 14. The van der Waals surface area contributed by atoms with Crippen LogP contribution in [0.25, 0.3) is 0 Å². The summed E-state index contributed by atoms with van der Waals surface area (Å²) >= 11 is 0. The number of unbranched alkanes of at least 4 members (excludes halogenated alkanes) is 1. The van der Waals surface area contributed by atoms with Gasteiger partial charge in [0.1, 0.15) is 6.54 Å². The molecule has 2 aromatic carbocycles. The van der Waals surface area contributed by atoms with E-state index in [2.05, 4.69) is 10.6 Å². The minimum atomic E-state index is -0.426. The molecule has 45 heavy (non-hydrogen) atoms. The number of nitrogens with zero attached hydrogens (tertiary/aromatic N) is 2. The Morgan fingerprint density at radius 2 is 1.67 bits per heavy atom. The minimum Gasteiger partial charge on any atom is -0.493 e. The summed E-state index contributed by atoms with van der Waals surface area (Å²) in [6.45, 7) is 1.07. The van der Waals surface area contributed by atoms with Crippen LogP contribution in [0, 0.1) is 5.92 Å². The Labute approximate surface area is 263 Å².